The van der Waals surface area contributed by atoms with Crippen LogP contribution in [0.3, 0.4) is 0 Å². The van der Waals surface area contributed by atoms with Crippen molar-refractivity contribution < 1.29 is 14.6 Å². The van der Waals surface area contributed by atoms with E-state index < -0.39 is 6.10 Å². The molecule has 1 amide bonds. The second kappa shape index (κ2) is 12.0. The van der Waals surface area contributed by atoms with Crippen LogP contribution in [0.15, 0.2) is 66.9 Å². The van der Waals surface area contributed by atoms with Gasteiger partial charge in [0.2, 0.25) is 5.91 Å². The van der Waals surface area contributed by atoms with E-state index in [2.05, 4.69) is 10.3 Å². The number of aromatic nitrogens is 1. The number of hydrogen-bond acceptors (Lipinski definition) is 5. The highest BCUT2D eigenvalue weighted by molar-refractivity contribution is 5.94. The number of hydrogen-bond donors (Lipinski definition) is 2. The molecule has 2 aromatic carbocycles. The van der Waals surface area contributed by atoms with Crippen LogP contribution in [0.5, 0.6) is 5.75 Å². The molecule has 1 fully saturated rings. The van der Waals surface area contributed by atoms with Gasteiger partial charge in [-0.05, 0) is 43.4 Å². The quantitative estimate of drug-likeness (QED) is 0.463. The van der Waals surface area contributed by atoms with Gasteiger partial charge in [-0.1, -0.05) is 61.7 Å². The standard InChI is InChI=1S/C28H35N3O3/c1-21(31(27-16-7-8-17-30-27)28(33)23-11-3-2-4-12-23)18-29-19-24(32)20-34-26-15-9-13-22-10-5-6-14-25(22)26/h5-10,13-17,21,23-24,29,32H,2-4,11-12,18-20H2,1H3. The summed E-state index contributed by atoms with van der Waals surface area (Å²) in [5.41, 5.74) is 0. The first-order valence-corrected chi connectivity index (χ1v) is 12.4. The second-order valence-corrected chi connectivity index (χ2v) is 9.18. The third kappa shape index (κ3) is 6.13. The van der Waals surface area contributed by atoms with Crippen LogP contribution in [0, 0.1) is 5.92 Å². The van der Waals surface area contributed by atoms with Crippen molar-refractivity contribution in [3.05, 3.63) is 66.9 Å². The van der Waals surface area contributed by atoms with Gasteiger partial charge in [0.15, 0.2) is 0 Å². The zero-order chi connectivity index (χ0) is 23.8. The number of rotatable bonds is 10. The molecule has 2 N–H and O–H groups in total. The molecule has 4 rings (SSSR count). The van der Waals surface area contributed by atoms with E-state index in [1.807, 2.05) is 72.5 Å². The zero-order valence-electron chi connectivity index (χ0n) is 19.9. The number of aliphatic hydroxyl groups is 1. The van der Waals surface area contributed by atoms with Gasteiger partial charge in [-0.15, -0.1) is 0 Å². The number of carbonyl (C=O) groups is 1. The smallest absolute Gasteiger partial charge is 0.231 e. The van der Waals surface area contributed by atoms with Crippen molar-refractivity contribution in [3.63, 3.8) is 0 Å². The number of amides is 1. The zero-order valence-corrected chi connectivity index (χ0v) is 19.9. The molecule has 1 heterocycles. The SMILES string of the molecule is CC(CNCC(O)COc1cccc2ccccc12)N(C(=O)C1CCCCC1)c1ccccn1. The van der Waals surface area contributed by atoms with Crippen LogP contribution in [0.4, 0.5) is 5.82 Å². The summed E-state index contributed by atoms with van der Waals surface area (Å²) in [6, 6.07) is 19.6. The van der Waals surface area contributed by atoms with E-state index in [0.29, 0.717) is 18.9 Å². The number of nitrogens with one attached hydrogen (secondary N) is 1. The van der Waals surface area contributed by atoms with E-state index >= 15 is 0 Å². The summed E-state index contributed by atoms with van der Waals surface area (Å²) in [5.74, 6) is 1.68. The van der Waals surface area contributed by atoms with Gasteiger partial charge in [-0.25, -0.2) is 4.98 Å². The van der Waals surface area contributed by atoms with E-state index in [1.54, 1.807) is 6.20 Å². The predicted molar refractivity (Wildman–Crippen MR) is 136 cm³/mol. The monoisotopic (exact) mass is 461 g/mol. The Morgan fingerprint density at radius 1 is 1.06 bits per heavy atom. The van der Waals surface area contributed by atoms with E-state index in [-0.39, 0.29) is 24.5 Å². The minimum absolute atomic E-state index is 0.0675. The highest BCUT2D eigenvalue weighted by Crippen LogP contribution is 2.28. The van der Waals surface area contributed by atoms with Gasteiger partial charge in [0.25, 0.3) is 0 Å². The van der Waals surface area contributed by atoms with Gasteiger partial charge in [0, 0.05) is 36.6 Å². The van der Waals surface area contributed by atoms with Gasteiger partial charge in [0.1, 0.15) is 24.3 Å². The molecule has 6 nitrogen and oxygen atoms in total. The van der Waals surface area contributed by atoms with Crippen molar-refractivity contribution in [2.75, 3.05) is 24.6 Å². The first kappa shape index (κ1) is 24.2. The minimum atomic E-state index is -0.663. The molecule has 34 heavy (non-hydrogen) atoms. The Kier molecular flexibility index (Phi) is 8.50. The maximum Gasteiger partial charge on any atom is 0.231 e. The summed E-state index contributed by atoms with van der Waals surface area (Å²) in [4.78, 5) is 19.7. The molecule has 2 atom stereocenters. The third-order valence-electron chi connectivity index (χ3n) is 6.53. The maximum atomic E-state index is 13.4. The Balaban J connectivity index is 1.31. The Hall–Kier alpha value is -2.96. The van der Waals surface area contributed by atoms with Crippen molar-refractivity contribution in [3.8, 4) is 5.75 Å². The Bertz CT molecular complexity index is 1050. The van der Waals surface area contributed by atoms with Gasteiger partial charge < -0.3 is 15.2 Å². The topological polar surface area (TPSA) is 74.7 Å². The molecule has 6 heteroatoms. The van der Waals surface area contributed by atoms with Crippen molar-refractivity contribution in [1.29, 1.82) is 0 Å². The highest BCUT2D eigenvalue weighted by atomic mass is 16.5. The lowest BCUT2D eigenvalue weighted by Crippen LogP contribution is -2.48. The lowest BCUT2D eigenvalue weighted by atomic mass is 9.88. The van der Waals surface area contributed by atoms with Crippen molar-refractivity contribution >= 4 is 22.5 Å². The average molecular weight is 462 g/mol. The summed E-state index contributed by atoms with van der Waals surface area (Å²) < 4.78 is 5.91. The van der Waals surface area contributed by atoms with E-state index in [4.69, 9.17) is 4.74 Å². The number of pyridine rings is 1. The molecule has 0 saturated heterocycles. The molecule has 0 radical (unpaired) electrons. The fourth-order valence-electron chi connectivity index (χ4n) is 4.71. The Morgan fingerprint density at radius 3 is 2.62 bits per heavy atom. The Labute approximate surface area is 202 Å². The van der Waals surface area contributed by atoms with Crippen molar-refractivity contribution in [2.45, 2.75) is 51.2 Å². The highest BCUT2D eigenvalue weighted by Gasteiger charge is 2.30. The number of carbonyl (C=O) groups excluding carboxylic acids is 1. The van der Waals surface area contributed by atoms with Crippen LogP contribution in [-0.2, 0) is 4.79 Å². The lowest BCUT2D eigenvalue weighted by Gasteiger charge is -2.33. The lowest BCUT2D eigenvalue weighted by molar-refractivity contribution is -0.123. The van der Waals surface area contributed by atoms with Crippen LogP contribution in [0.1, 0.15) is 39.0 Å². The number of fused-ring (bicyclic) bond motifs is 1. The average Bonchev–Trinajstić information content (AvgIpc) is 2.88. The van der Waals surface area contributed by atoms with Crippen LogP contribution < -0.4 is 15.0 Å². The van der Waals surface area contributed by atoms with E-state index in [9.17, 15) is 9.90 Å². The Morgan fingerprint density at radius 2 is 1.82 bits per heavy atom. The number of ether oxygens (including phenoxy) is 1. The summed E-state index contributed by atoms with van der Waals surface area (Å²) in [7, 11) is 0. The molecule has 1 aliphatic carbocycles. The number of aliphatic hydroxyl groups excluding tert-OH is 1. The second-order valence-electron chi connectivity index (χ2n) is 9.18. The number of nitrogens with zero attached hydrogens (tertiary/aromatic N) is 2. The number of benzene rings is 2. The van der Waals surface area contributed by atoms with Gasteiger partial charge in [0.05, 0.1) is 0 Å². The van der Waals surface area contributed by atoms with Crippen molar-refractivity contribution in [2.24, 2.45) is 5.92 Å². The molecule has 2 unspecified atom stereocenters. The normalized spacial score (nSPS) is 16.2. The van der Waals surface area contributed by atoms with E-state index in [0.717, 1.165) is 42.2 Å². The fraction of sp³-hybridized carbons (Fsp3) is 0.429. The van der Waals surface area contributed by atoms with E-state index in [1.165, 1.54) is 6.42 Å². The van der Waals surface area contributed by atoms with Crippen molar-refractivity contribution in [1.82, 2.24) is 10.3 Å². The van der Waals surface area contributed by atoms with Gasteiger partial charge in [-0.2, -0.15) is 0 Å². The third-order valence-corrected chi connectivity index (χ3v) is 6.53. The fourth-order valence-corrected chi connectivity index (χ4v) is 4.71. The van der Waals surface area contributed by atoms with Gasteiger partial charge in [-0.3, -0.25) is 9.69 Å². The first-order chi connectivity index (χ1) is 16.6. The molecule has 0 aliphatic heterocycles. The predicted octanol–water partition coefficient (Wildman–Crippen LogP) is 4.57. The molecule has 3 aromatic rings. The number of anilines is 1. The van der Waals surface area contributed by atoms with Gasteiger partial charge >= 0.3 is 0 Å². The first-order valence-electron chi connectivity index (χ1n) is 12.4. The summed E-state index contributed by atoms with van der Waals surface area (Å²) >= 11 is 0. The maximum absolute atomic E-state index is 13.4. The summed E-state index contributed by atoms with van der Waals surface area (Å²) in [6.07, 6.45) is 6.40. The minimum Gasteiger partial charge on any atom is -0.490 e. The molecule has 0 spiro atoms. The largest absolute Gasteiger partial charge is 0.490 e. The summed E-state index contributed by atoms with van der Waals surface area (Å²) in [5, 5.41) is 15.9. The molecule has 180 valence electrons. The molecular weight excluding hydrogens is 426 g/mol. The summed E-state index contributed by atoms with van der Waals surface area (Å²) in [6.45, 7) is 3.16. The molecular formula is C28H35N3O3. The van der Waals surface area contributed by atoms with Crippen LogP contribution >= 0.6 is 0 Å². The molecule has 1 aromatic heterocycles. The molecule has 0 bridgehead atoms. The molecule has 1 aliphatic rings. The van der Waals surface area contributed by atoms with Crippen LogP contribution in [0.25, 0.3) is 10.8 Å². The van der Waals surface area contributed by atoms with Crippen LogP contribution in [0.2, 0.25) is 0 Å². The van der Waals surface area contributed by atoms with Crippen LogP contribution in [-0.4, -0.2) is 47.8 Å². The molecule has 1 saturated carbocycles.